The van der Waals surface area contributed by atoms with Gasteiger partial charge in [0.15, 0.2) is 11.5 Å². The van der Waals surface area contributed by atoms with Crippen molar-refractivity contribution < 1.29 is 23.8 Å². The Hall–Kier alpha value is -3.73. The summed E-state index contributed by atoms with van der Waals surface area (Å²) in [5.41, 5.74) is 1.38. The number of para-hydroxylation sites is 1. The Balaban J connectivity index is 1.79. The minimum Gasteiger partial charge on any atom is -0.493 e. The summed E-state index contributed by atoms with van der Waals surface area (Å²) in [5, 5.41) is 12.1. The summed E-state index contributed by atoms with van der Waals surface area (Å²) in [7, 11) is 4.47. The first-order chi connectivity index (χ1) is 14.0. The van der Waals surface area contributed by atoms with Crippen LogP contribution in [0.3, 0.4) is 0 Å². The van der Waals surface area contributed by atoms with Crippen LogP contribution in [0.2, 0.25) is 0 Å². The van der Waals surface area contributed by atoms with E-state index in [4.69, 9.17) is 14.2 Å². The number of nitrogens with one attached hydrogen (secondary N) is 1. The summed E-state index contributed by atoms with van der Waals surface area (Å²) in [6, 6.07) is 12.2. The number of anilines is 2. The standard InChI is InChI=1S/C21H21N3O5/c1-27-17-9-15(10-18(28-2)20(17)29-3)23-21(26)14-8-19(25)24(12-14)16-7-5-4-6-13(16)11-22/h4-7,9-10,14H,8,12H2,1-3H3,(H,23,26). The van der Waals surface area contributed by atoms with Gasteiger partial charge in [0.1, 0.15) is 6.07 Å². The van der Waals surface area contributed by atoms with E-state index in [9.17, 15) is 14.9 Å². The molecule has 0 aromatic heterocycles. The molecule has 0 bridgehead atoms. The van der Waals surface area contributed by atoms with Gasteiger partial charge in [-0.25, -0.2) is 0 Å². The highest BCUT2D eigenvalue weighted by Gasteiger charge is 2.36. The van der Waals surface area contributed by atoms with Crippen molar-refractivity contribution in [1.82, 2.24) is 0 Å². The largest absolute Gasteiger partial charge is 0.493 e. The van der Waals surface area contributed by atoms with Gasteiger partial charge in [-0.05, 0) is 12.1 Å². The molecular weight excluding hydrogens is 374 g/mol. The van der Waals surface area contributed by atoms with E-state index in [2.05, 4.69) is 11.4 Å². The van der Waals surface area contributed by atoms with Gasteiger partial charge < -0.3 is 24.4 Å². The van der Waals surface area contributed by atoms with E-state index in [0.717, 1.165) is 0 Å². The van der Waals surface area contributed by atoms with E-state index < -0.39 is 5.92 Å². The van der Waals surface area contributed by atoms with Crippen LogP contribution in [0.1, 0.15) is 12.0 Å². The quantitative estimate of drug-likeness (QED) is 0.807. The lowest BCUT2D eigenvalue weighted by molar-refractivity contribution is -0.122. The Morgan fingerprint density at radius 1 is 1.14 bits per heavy atom. The monoisotopic (exact) mass is 395 g/mol. The van der Waals surface area contributed by atoms with Crippen molar-refractivity contribution in [2.24, 2.45) is 5.92 Å². The summed E-state index contributed by atoms with van der Waals surface area (Å²) < 4.78 is 15.9. The van der Waals surface area contributed by atoms with Gasteiger partial charge >= 0.3 is 0 Å². The lowest BCUT2D eigenvalue weighted by atomic mass is 10.1. The summed E-state index contributed by atoms with van der Waals surface area (Å²) in [4.78, 5) is 26.7. The molecule has 1 atom stereocenters. The fourth-order valence-electron chi connectivity index (χ4n) is 3.32. The van der Waals surface area contributed by atoms with Gasteiger partial charge in [-0.15, -0.1) is 0 Å². The maximum atomic E-state index is 12.8. The third-order valence-electron chi connectivity index (χ3n) is 4.74. The highest BCUT2D eigenvalue weighted by atomic mass is 16.5. The molecule has 0 saturated carbocycles. The molecule has 1 heterocycles. The first kappa shape index (κ1) is 20.0. The molecule has 29 heavy (non-hydrogen) atoms. The van der Waals surface area contributed by atoms with E-state index >= 15 is 0 Å². The van der Waals surface area contributed by atoms with Crippen molar-refractivity contribution in [1.29, 1.82) is 5.26 Å². The molecule has 0 spiro atoms. The lowest BCUT2D eigenvalue weighted by Crippen LogP contribution is -2.28. The zero-order valence-electron chi connectivity index (χ0n) is 16.4. The van der Waals surface area contributed by atoms with Crippen LogP contribution >= 0.6 is 0 Å². The van der Waals surface area contributed by atoms with Crippen LogP contribution in [0.25, 0.3) is 0 Å². The zero-order valence-corrected chi connectivity index (χ0v) is 16.4. The van der Waals surface area contributed by atoms with Crippen LogP contribution in [-0.4, -0.2) is 39.7 Å². The molecule has 0 radical (unpaired) electrons. The number of amides is 2. The Morgan fingerprint density at radius 3 is 2.38 bits per heavy atom. The van der Waals surface area contributed by atoms with E-state index in [1.807, 2.05) is 0 Å². The molecule has 0 aliphatic carbocycles. The van der Waals surface area contributed by atoms with Crippen molar-refractivity contribution in [2.75, 3.05) is 38.1 Å². The summed E-state index contributed by atoms with van der Waals surface area (Å²) >= 11 is 0. The van der Waals surface area contributed by atoms with Gasteiger partial charge in [0, 0.05) is 30.8 Å². The molecule has 1 aliphatic heterocycles. The molecule has 8 nitrogen and oxygen atoms in total. The van der Waals surface area contributed by atoms with E-state index in [1.54, 1.807) is 36.4 Å². The van der Waals surface area contributed by atoms with E-state index in [0.29, 0.717) is 34.2 Å². The number of rotatable bonds is 6. The number of carbonyl (C=O) groups is 2. The summed E-state index contributed by atoms with van der Waals surface area (Å²) in [6.45, 7) is 0.202. The van der Waals surface area contributed by atoms with Crippen molar-refractivity contribution in [2.45, 2.75) is 6.42 Å². The fourth-order valence-corrected chi connectivity index (χ4v) is 3.32. The second-order valence-electron chi connectivity index (χ2n) is 6.44. The number of hydrogen-bond acceptors (Lipinski definition) is 6. The van der Waals surface area contributed by atoms with Crippen molar-refractivity contribution in [3.8, 4) is 23.3 Å². The van der Waals surface area contributed by atoms with Crippen LogP contribution in [0.15, 0.2) is 36.4 Å². The first-order valence-corrected chi connectivity index (χ1v) is 8.92. The van der Waals surface area contributed by atoms with Gasteiger partial charge in [0.05, 0.1) is 38.5 Å². The minimum absolute atomic E-state index is 0.0655. The van der Waals surface area contributed by atoms with Crippen LogP contribution in [0.5, 0.6) is 17.2 Å². The molecule has 2 aromatic rings. The van der Waals surface area contributed by atoms with Crippen LogP contribution < -0.4 is 24.4 Å². The number of methoxy groups -OCH3 is 3. The molecule has 1 unspecified atom stereocenters. The SMILES string of the molecule is COc1cc(NC(=O)C2CC(=O)N(c3ccccc3C#N)C2)cc(OC)c1OC. The van der Waals surface area contributed by atoms with Crippen molar-refractivity contribution >= 4 is 23.2 Å². The Bertz CT molecular complexity index is 958. The smallest absolute Gasteiger partial charge is 0.229 e. The molecule has 1 fully saturated rings. The molecule has 2 amide bonds. The Kier molecular flexibility index (Phi) is 5.88. The van der Waals surface area contributed by atoms with Crippen molar-refractivity contribution in [3.05, 3.63) is 42.0 Å². The average Bonchev–Trinajstić information content (AvgIpc) is 3.14. The Labute approximate surface area is 168 Å². The van der Waals surface area contributed by atoms with Crippen molar-refractivity contribution in [3.63, 3.8) is 0 Å². The molecule has 1 N–H and O–H groups in total. The van der Waals surface area contributed by atoms with E-state index in [1.165, 1.54) is 26.2 Å². The number of hydrogen-bond donors (Lipinski definition) is 1. The maximum Gasteiger partial charge on any atom is 0.229 e. The van der Waals surface area contributed by atoms with Gasteiger partial charge in [-0.3, -0.25) is 9.59 Å². The molecule has 8 heteroatoms. The molecular formula is C21H21N3O5. The lowest BCUT2D eigenvalue weighted by Gasteiger charge is -2.18. The summed E-state index contributed by atoms with van der Waals surface area (Å²) in [6.07, 6.45) is 0.0655. The van der Waals surface area contributed by atoms with Gasteiger partial charge in [0.2, 0.25) is 17.6 Å². The van der Waals surface area contributed by atoms with Gasteiger partial charge in [-0.2, -0.15) is 5.26 Å². The van der Waals surface area contributed by atoms with Crippen LogP contribution in [0, 0.1) is 17.2 Å². The molecule has 1 aliphatic rings. The number of ether oxygens (including phenoxy) is 3. The average molecular weight is 395 g/mol. The topological polar surface area (TPSA) is 101 Å². The number of nitrogens with zero attached hydrogens (tertiary/aromatic N) is 2. The predicted octanol–water partition coefficient (Wildman–Crippen LogP) is 2.58. The third-order valence-corrected chi connectivity index (χ3v) is 4.74. The zero-order chi connectivity index (χ0) is 21.0. The normalized spacial score (nSPS) is 15.6. The van der Waals surface area contributed by atoms with Gasteiger partial charge in [-0.1, -0.05) is 12.1 Å². The molecule has 150 valence electrons. The highest BCUT2D eigenvalue weighted by molar-refractivity contribution is 6.04. The van der Waals surface area contributed by atoms with Crippen LogP contribution in [0.4, 0.5) is 11.4 Å². The van der Waals surface area contributed by atoms with Crippen LogP contribution in [-0.2, 0) is 9.59 Å². The second-order valence-corrected chi connectivity index (χ2v) is 6.44. The number of benzene rings is 2. The molecule has 3 rings (SSSR count). The first-order valence-electron chi connectivity index (χ1n) is 8.92. The molecule has 1 saturated heterocycles. The summed E-state index contributed by atoms with van der Waals surface area (Å²) in [5.74, 6) is 0.197. The van der Waals surface area contributed by atoms with Gasteiger partial charge in [0.25, 0.3) is 0 Å². The third kappa shape index (κ3) is 3.94. The van der Waals surface area contributed by atoms with E-state index in [-0.39, 0.29) is 24.8 Å². The number of carbonyl (C=O) groups excluding carboxylic acids is 2. The Morgan fingerprint density at radius 2 is 1.79 bits per heavy atom. The number of nitriles is 1. The predicted molar refractivity (Wildman–Crippen MR) is 106 cm³/mol. The highest BCUT2D eigenvalue weighted by Crippen LogP contribution is 2.40. The second kappa shape index (κ2) is 8.52. The minimum atomic E-state index is -0.548. The maximum absolute atomic E-state index is 12.8. The molecule has 2 aromatic carbocycles. The fraction of sp³-hybridized carbons (Fsp3) is 0.286.